The molecule has 5 nitrogen and oxygen atoms in total. The Morgan fingerprint density at radius 1 is 1.42 bits per heavy atom. The fourth-order valence-electron chi connectivity index (χ4n) is 1.93. The molecule has 0 saturated heterocycles. The zero-order chi connectivity index (χ0) is 14.0. The van der Waals surface area contributed by atoms with E-state index in [2.05, 4.69) is 10.1 Å². The number of rotatable bonds is 4. The number of anilines is 1. The van der Waals surface area contributed by atoms with Gasteiger partial charge < -0.3 is 5.73 Å². The monoisotopic (exact) mass is 278 g/mol. The molecule has 1 aromatic carbocycles. The van der Waals surface area contributed by atoms with Gasteiger partial charge in [-0.1, -0.05) is 0 Å². The molecule has 0 aliphatic rings. The Labute approximate surface area is 115 Å². The molecule has 6 heteroatoms. The summed E-state index contributed by atoms with van der Waals surface area (Å²) in [5.74, 6) is 1.10. The minimum atomic E-state index is -1.14. The van der Waals surface area contributed by atoms with Crippen LogP contribution in [0, 0.1) is 6.92 Å². The number of hydrogen-bond acceptors (Lipinski definition) is 4. The molecule has 2 rings (SSSR count). The molecule has 1 heterocycles. The van der Waals surface area contributed by atoms with Gasteiger partial charge in [-0.2, -0.15) is 5.10 Å². The van der Waals surface area contributed by atoms with E-state index in [1.807, 2.05) is 32.9 Å². The average molecular weight is 278 g/mol. The second kappa shape index (κ2) is 5.52. The molecule has 0 fully saturated rings. The fourth-order valence-corrected chi connectivity index (χ4v) is 3.17. The molecule has 0 amide bonds. The van der Waals surface area contributed by atoms with Gasteiger partial charge in [-0.25, -0.2) is 9.67 Å². The molecule has 1 unspecified atom stereocenters. The Kier molecular flexibility index (Phi) is 3.99. The van der Waals surface area contributed by atoms with Gasteiger partial charge in [-0.05, 0) is 44.5 Å². The SMILES string of the molecule is Cc1cc(N)ccc1S(=O)Cc1ncnn1C(C)C. The van der Waals surface area contributed by atoms with Crippen molar-refractivity contribution in [2.45, 2.75) is 37.5 Å². The molecule has 0 aliphatic heterocycles. The van der Waals surface area contributed by atoms with Crippen molar-refractivity contribution in [3.8, 4) is 0 Å². The predicted octanol–water partition coefficient (Wildman–Crippen LogP) is 2.06. The molecule has 0 aliphatic carbocycles. The summed E-state index contributed by atoms with van der Waals surface area (Å²) in [6, 6.07) is 5.63. The van der Waals surface area contributed by atoms with E-state index < -0.39 is 10.8 Å². The maximum Gasteiger partial charge on any atom is 0.140 e. The molecule has 102 valence electrons. The number of nitrogens with zero attached hydrogens (tertiary/aromatic N) is 3. The second-order valence-corrected chi connectivity index (χ2v) is 6.15. The van der Waals surface area contributed by atoms with Gasteiger partial charge >= 0.3 is 0 Å². The van der Waals surface area contributed by atoms with Crippen molar-refractivity contribution in [1.29, 1.82) is 0 Å². The van der Waals surface area contributed by atoms with Crippen LogP contribution in [-0.4, -0.2) is 19.0 Å². The quantitative estimate of drug-likeness (QED) is 0.869. The highest BCUT2D eigenvalue weighted by atomic mass is 32.2. The fraction of sp³-hybridized carbons (Fsp3) is 0.385. The number of nitrogens with two attached hydrogens (primary N) is 1. The Morgan fingerprint density at radius 2 is 2.16 bits per heavy atom. The number of aromatic nitrogens is 3. The van der Waals surface area contributed by atoms with Crippen molar-refractivity contribution in [3.63, 3.8) is 0 Å². The lowest BCUT2D eigenvalue weighted by Crippen LogP contribution is -2.11. The highest BCUT2D eigenvalue weighted by molar-refractivity contribution is 7.84. The van der Waals surface area contributed by atoms with E-state index in [0.29, 0.717) is 11.4 Å². The molecule has 1 atom stereocenters. The Balaban J connectivity index is 2.23. The highest BCUT2D eigenvalue weighted by Crippen LogP contribution is 2.19. The van der Waals surface area contributed by atoms with Gasteiger partial charge in [0.05, 0.1) is 16.6 Å². The molecular weight excluding hydrogens is 260 g/mol. The summed E-state index contributed by atoms with van der Waals surface area (Å²) in [4.78, 5) is 4.98. The van der Waals surface area contributed by atoms with Gasteiger partial charge in [0, 0.05) is 16.6 Å². The molecule has 0 bridgehead atoms. The first-order chi connectivity index (χ1) is 8.99. The van der Waals surface area contributed by atoms with Gasteiger partial charge in [-0.3, -0.25) is 4.21 Å². The number of hydrogen-bond donors (Lipinski definition) is 1. The normalized spacial score (nSPS) is 12.8. The van der Waals surface area contributed by atoms with Gasteiger partial charge in [-0.15, -0.1) is 0 Å². The van der Waals surface area contributed by atoms with Gasteiger partial charge in [0.15, 0.2) is 0 Å². The van der Waals surface area contributed by atoms with Gasteiger partial charge in [0.2, 0.25) is 0 Å². The summed E-state index contributed by atoms with van der Waals surface area (Å²) in [5, 5.41) is 4.15. The number of aryl methyl sites for hydroxylation is 1. The van der Waals surface area contributed by atoms with E-state index in [0.717, 1.165) is 16.3 Å². The van der Waals surface area contributed by atoms with E-state index in [-0.39, 0.29) is 6.04 Å². The summed E-state index contributed by atoms with van der Waals surface area (Å²) in [7, 11) is -1.14. The van der Waals surface area contributed by atoms with Gasteiger partial charge in [0.25, 0.3) is 0 Å². The summed E-state index contributed by atoms with van der Waals surface area (Å²) < 4.78 is 14.2. The van der Waals surface area contributed by atoms with Crippen molar-refractivity contribution in [2.24, 2.45) is 0 Å². The Bertz CT molecular complexity index is 606. The topological polar surface area (TPSA) is 73.8 Å². The van der Waals surface area contributed by atoms with Crippen LogP contribution in [0.3, 0.4) is 0 Å². The largest absolute Gasteiger partial charge is 0.399 e. The number of benzene rings is 1. The lowest BCUT2D eigenvalue weighted by Gasteiger charge is -2.10. The maximum atomic E-state index is 12.4. The molecule has 2 aromatic rings. The Hall–Kier alpha value is -1.69. The second-order valence-electron chi connectivity index (χ2n) is 4.73. The van der Waals surface area contributed by atoms with Crippen molar-refractivity contribution in [1.82, 2.24) is 14.8 Å². The minimum absolute atomic E-state index is 0.210. The standard InChI is InChI=1S/C13H18N4OS/c1-9(2)17-13(15-8-16-17)7-19(18)12-5-4-11(14)6-10(12)3/h4-6,8-9H,7,14H2,1-3H3. The van der Waals surface area contributed by atoms with E-state index in [4.69, 9.17) is 5.73 Å². The van der Waals surface area contributed by atoms with Gasteiger partial charge in [0.1, 0.15) is 12.2 Å². The summed E-state index contributed by atoms with van der Waals surface area (Å²) >= 11 is 0. The molecule has 1 aromatic heterocycles. The van der Waals surface area contributed by atoms with Crippen LogP contribution < -0.4 is 5.73 Å². The first kappa shape index (κ1) is 13.7. The van der Waals surface area contributed by atoms with Crippen molar-refractivity contribution >= 4 is 16.5 Å². The van der Waals surface area contributed by atoms with Crippen molar-refractivity contribution in [2.75, 3.05) is 5.73 Å². The summed E-state index contributed by atoms with van der Waals surface area (Å²) in [6.45, 7) is 5.96. The smallest absolute Gasteiger partial charge is 0.140 e. The average Bonchev–Trinajstić information content (AvgIpc) is 2.76. The van der Waals surface area contributed by atoms with E-state index in [1.54, 1.807) is 10.7 Å². The zero-order valence-electron chi connectivity index (χ0n) is 11.3. The van der Waals surface area contributed by atoms with Crippen LogP contribution >= 0.6 is 0 Å². The van der Waals surface area contributed by atoms with Crippen LogP contribution in [0.4, 0.5) is 5.69 Å². The third-order valence-electron chi connectivity index (χ3n) is 2.84. The van der Waals surface area contributed by atoms with Crippen LogP contribution in [0.5, 0.6) is 0 Å². The van der Waals surface area contributed by atoms with E-state index in [1.165, 1.54) is 6.33 Å². The molecular formula is C13H18N4OS. The molecule has 0 radical (unpaired) electrons. The van der Waals surface area contributed by atoms with Crippen LogP contribution in [0.25, 0.3) is 0 Å². The molecule has 19 heavy (non-hydrogen) atoms. The minimum Gasteiger partial charge on any atom is -0.399 e. The lowest BCUT2D eigenvalue weighted by atomic mass is 10.2. The number of nitrogen functional groups attached to an aromatic ring is 1. The summed E-state index contributed by atoms with van der Waals surface area (Å²) in [6.07, 6.45) is 1.50. The van der Waals surface area contributed by atoms with E-state index >= 15 is 0 Å². The zero-order valence-corrected chi connectivity index (χ0v) is 12.1. The van der Waals surface area contributed by atoms with Crippen molar-refractivity contribution in [3.05, 3.63) is 35.9 Å². The third kappa shape index (κ3) is 3.01. The lowest BCUT2D eigenvalue weighted by molar-refractivity contribution is 0.513. The molecule has 0 saturated carbocycles. The van der Waals surface area contributed by atoms with Crippen LogP contribution in [0.1, 0.15) is 31.3 Å². The third-order valence-corrected chi connectivity index (χ3v) is 4.31. The van der Waals surface area contributed by atoms with E-state index in [9.17, 15) is 4.21 Å². The summed E-state index contributed by atoms with van der Waals surface area (Å²) in [5.41, 5.74) is 7.32. The predicted molar refractivity (Wildman–Crippen MR) is 76.1 cm³/mol. The Morgan fingerprint density at radius 3 is 2.79 bits per heavy atom. The van der Waals surface area contributed by atoms with Crippen molar-refractivity contribution < 1.29 is 4.21 Å². The van der Waals surface area contributed by atoms with Crippen LogP contribution in [-0.2, 0) is 16.6 Å². The first-order valence-electron chi connectivity index (χ1n) is 6.12. The molecule has 2 N–H and O–H groups in total. The maximum absolute atomic E-state index is 12.4. The first-order valence-corrected chi connectivity index (χ1v) is 7.44. The van der Waals surface area contributed by atoms with Crippen LogP contribution in [0.15, 0.2) is 29.4 Å². The van der Waals surface area contributed by atoms with Crippen LogP contribution in [0.2, 0.25) is 0 Å². The molecule has 0 spiro atoms. The highest BCUT2D eigenvalue weighted by Gasteiger charge is 2.14.